The van der Waals surface area contributed by atoms with Gasteiger partial charge in [0.2, 0.25) is 0 Å². The number of carbonyl (C=O) groups excluding carboxylic acids is 1. The maximum atomic E-state index is 10.4. The maximum absolute atomic E-state index is 10.4. The Hall–Kier alpha value is -1.06. The second-order valence-corrected chi connectivity index (χ2v) is 4.54. The number of nitrogens with one attached hydrogen (secondary N) is 1. The summed E-state index contributed by atoms with van der Waals surface area (Å²) >= 11 is 0. The fourth-order valence-corrected chi connectivity index (χ4v) is 1.61. The van der Waals surface area contributed by atoms with E-state index in [1.165, 1.54) is 0 Å². The standard InChI is InChI=1S/C9H17N3O/c1-9(2,3)6-4-5-7(6)11-12-8(10)13/h6H,4-5H2,1-3H3,(H3,10,12,13)/b11-7+. The van der Waals surface area contributed by atoms with Crippen LogP contribution in [0.15, 0.2) is 5.10 Å². The molecule has 0 spiro atoms. The number of amides is 2. The lowest BCUT2D eigenvalue weighted by Gasteiger charge is -2.38. The maximum Gasteiger partial charge on any atom is 0.332 e. The van der Waals surface area contributed by atoms with Crippen molar-refractivity contribution in [1.29, 1.82) is 0 Å². The molecule has 1 unspecified atom stereocenters. The zero-order valence-corrected chi connectivity index (χ0v) is 8.42. The van der Waals surface area contributed by atoms with E-state index in [2.05, 4.69) is 31.3 Å². The van der Waals surface area contributed by atoms with Crippen molar-refractivity contribution in [3.8, 4) is 0 Å². The third kappa shape index (κ3) is 2.44. The molecule has 0 radical (unpaired) electrons. The fraction of sp³-hybridized carbons (Fsp3) is 0.778. The number of nitrogens with two attached hydrogens (primary N) is 1. The fourth-order valence-electron chi connectivity index (χ4n) is 1.61. The molecule has 1 atom stereocenters. The van der Waals surface area contributed by atoms with E-state index in [1.54, 1.807) is 0 Å². The summed E-state index contributed by atoms with van der Waals surface area (Å²) < 4.78 is 0. The molecule has 1 aliphatic rings. The van der Waals surface area contributed by atoms with Crippen LogP contribution >= 0.6 is 0 Å². The number of hydrogen-bond donors (Lipinski definition) is 2. The molecule has 0 aromatic rings. The molecule has 13 heavy (non-hydrogen) atoms. The van der Waals surface area contributed by atoms with Gasteiger partial charge in [-0.1, -0.05) is 20.8 Å². The zero-order valence-electron chi connectivity index (χ0n) is 8.42. The predicted octanol–water partition coefficient (Wildman–Crippen LogP) is 1.47. The van der Waals surface area contributed by atoms with Gasteiger partial charge in [0.15, 0.2) is 0 Å². The summed E-state index contributed by atoms with van der Waals surface area (Å²) in [5, 5.41) is 3.97. The van der Waals surface area contributed by atoms with Gasteiger partial charge < -0.3 is 5.73 Å². The molecule has 0 aromatic carbocycles. The Balaban J connectivity index is 2.54. The van der Waals surface area contributed by atoms with Crippen LogP contribution in [0, 0.1) is 11.3 Å². The average Bonchev–Trinajstić information content (AvgIpc) is 1.79. The predicted molar refractivity (Wildman–Crippen MR) is 52.3 cm³/mol. The first-order valence-electron chi connectivity index (χ1n) is 4.53. The lowest BCUT2D eigenvalue weighted by Crippen LogP contribution is -2.39. The first-order valence-corrected chi connectivity index (χ1v) is 4.53. The summed E-state index contributed by atoms with van der Waals surface area (Å²) in [4.78, 5) is 10.4. The Labute approximate surface area is 78.6 Å². The van der Waals surface area contributed by atoms with Crippen LogP contribution in [0.4, 0.5) is 4.79 Å². The molecule has 1 rings (SSSR count). The van der Waals surface area contributed by atoms with Gasteiger partial charge >= 0.3 is 6.03 Å². The molecule has 1 saturated carbocycles. The minimum atomic E-state index is -0.591. The summed E-state index contributed by atoms with van der Waals surface area (Å²) in [5.74, 6) is 0.486. The van der Waals surface area contributed by atoms with E-state index < -0.39 is 6.03 Å². The molecule has 1 aliphatic carbocycles. The van der Waals surface area contributed by atoms with Crippen molar-refractivity contribution in [1.82, 2.24) is 5.43 Å². The highest BCUT2D eigenvalue weighted by Gasteiger charge is 2.36. The van der Waals surface area contributed by atoms with E-state index in [0.29, 0.717) is 5.92 Å². The van der Waals surface area contributed by atoms with Crippen molar-refractivity contribution in [2.75, 3.05) is 0 Å². The molecule has 2 amide bonds. The van der Waals surface area contributed by atoms with Crippen LogP contribution in [0.5, 0.6) is 0 Å². The number of hydrogen-bond acceptors (Lipinski definition) is 2. The van der Waals surface area contributed by atoms with Crippen LogP contribution < -0.4 is 11.2 Å². The van der Waals surface area contributed by atoms with Gasteiger partial charge in [0.1, 0.15) is 0 Å². The molecule has 0 bridgehead atoms. The van der Waals surface area contributed by atoms with E-state index in [0.717, 1.165) is 18.6 Å². The van der Waals surface area contributed by atoms with Gasteiger partial charge in [0.05, 0.1) is 0 Å². The van der Waals surface area contributed by atoms with Crippen molar-refractivity contribution >= 4 is 11.7 Å². The second kappa shape index (κ2) is 3.36. The topological polar surface area (TPSA) is 67.5 Å². The molecule has 74 valence electrons. The van der Waals surface area contributed by atoms with Gasteiger partial charge in [-0.15, -0.1) is 0 Å². The van der Waals surface area contributed by atoms with Crippen LogP contribution in [-0.2, 0) is 0 Å². The summed E-state index contributed by atoms with van der Waals surface area (Å²) in [7, 11) is 0. The zero-order chi connectivity index (χ0) is 10.1. The minimum absolute atomic E-state index is 0.233. The lowest BCUT2D eigenvalue weighted by molar-refractivity contribution is 0.247. The Morgan fingerprint density at radius 1 is 1.62 bits per heavy atom. The van der Waals surface area contributed by atoms with Crippen molar-refractivity contribution in [2.45, 2.75) is 33.6 Å². The summed E-state index contributed by atoms with van der Waals surface area (Å²) in [5.41, 5.74) is 8.49. The number of rotatable bonds is 1. The first-order chi connectivity index (χ1) is 5.91. The summed E-state index contributed by atoms with van der Waals surface area (Å²) in [6.45, 7) is 6.53. The van der Waals surface area contributed by atoms with Crippen molar-refractivity contribution in [3.63, 3.8) is 0 Å². The van der Waals surface area contributed by atoms with Gasteiger partial charge in [-0.05, 0) is 18.3 Å². The van der Waals surface area contributed by atoms with Crippen LogP contribution in [0.1, 0.15) is 33.6 Å². The molecule has 0 saturated heterocycles. The lowest BCUT2D eigenvalue weighted by atomic mass is 9.67. The van der Waals surface area contributed by atoms with E-state index in [1.807, 2.05) is 0 Å². The summed E-state index contributed by atoms with van der Waals surface area (Å²) in [6, 6.07) is -0.591. The Morgan fingerprint density at radius 3 is 2.54 bits per heavy atom. The van der Waals surface area contributed by atoms with E-state index in [4.69, 9.17) is 5.73 Å². The highest BCUT2D eigenvalue weighted by Crippen LogP contribution is 2.38. The molecule has 0 aliphatic heterocycles. The summed E-state index contributed by atoms with van der Waals surface area (Å²) in [6.07, 6.45) is 2.13. The minimum Gasteiger partial charge on any atom is -0.350 e. The smallest absolute Gasteiger partial charge is 0.332 e. The third-order valence-electron chi connectivity index (χ3n) is 2.45. The normalized spacial score (nSPS) is 25.5. The Kier molecular flexibility index (Phi) is 2.59. The highest BCUT2D eigenvalue weighted by molar-refractivity contribution is 5.93. The third-order valence-corrected chi connectivity index (χ3v) is 2.45. The van der Waals surface area contributed by atoms with Crippen molar-refractivity contribution in [2.24, 2.45) is 22.2 Å². The Bertz CT molecular complexity index is 240. The molecule has 4 heteroatoms. The van der Waals surface area contributed by atoms with E-state index in [-0.39, 0.29) is 5.41 Å². The monoisotopic (exact) mass is 183 g/mol. The number of primary amides is 1. The van der Waals surface area contributed by atoms with Gasteiger partial charge in [0, 0.05) is 11.6 Å². The van der Waals surface area contributed by atoms with E-state index >= 15 is 0 Å². The van der Waals surface area contributed by atoms with Gasteiger partial charge in [-0.2, -0.15) is 5.10 Å². The number of carbonyl (C=O) groups is 1. The SMILES string of the molecule is CC(C)(C)C1CC/C1=N\NC(N)=O. The molecule has 4 nitrogen and oxygen atoms in total. The van der Waals surface area contributed by atoms with Crippen LogP contribution in [0.2, 0.25) is 0 Å². The van der Waals surface area contributed by atoms with Crippen molar-refractivity contribution < 1.29 is 4.79 Å². The Morgan fingerprint density at radius 2 is 2.23 bits per heavy atom. The van der Waals surface area contributed by atoms with Crippen LogP contribution in [0.3, 0.4) is 0 Å². The molecule has 0 heterocycles. The first kappa shape index (κ1) is 10.0. The quantitative estimate of drug-likeness (QED) is 0.594. The molecule has 0 aromatic heterocycles. The van der Waals surface area contributed by atoms with Gasteiger partial charge in [-0.3, -0.25) is 0 Å². The number of hydrazone groups is 1. The molecular formula is C9H17N3O. The number of urea groups is 1. The highest BCUT2D eigenvalue weighted by atomic mass is 16.2. The van der Waals surface area contributed by atoms with Crippen molar-refractivity contribution in [3.05, 3.63) is 0 Å². The van der Waals surface area contributed by atoms with Crippen LogP contribution in [-0.4, -0.2) is 11.7 Å². The van der Waals surface area contributed by atoms with Gasteiger partial charge in [0.25, 0.3) is 0 Å². The largest absolute Gasteiger partial charge is 0.350 e. The van der Waals surface area contributed by atoms with Gasteiger partial charge in [-0.25, -0.2) is 10.2 Å². The molecular weight excluding hydrogens is 166 g/mol. The number of nitrogens with zero attached hydrogens (tertiary/aromatic N) is 1. The molecule has 3 N–H and O–H groups in total. The average molecular weight is 183 g/mol. The second-order valence-electron chi connectivity index (χ2n) is 4.54. The molecule has 1 fully saturated rings. The van der Waals surface area contributed by atoms with E-state index in [9.17, 15) is 4.79 Å². The van der Waals surface area contributed by atoms with Crippen LogP contribution in [0.25, 0.3) is 0 Å².